The highest BCUT2D eigenvalue weighted by Gasteiger charge is 2.72. The van der Waals surface area contributed by atoms with Gasteiger partial charge in [-0.3, -0.25) is 9.69 Å². The van der Waals surface area contributed by atoms with Gasteiger partial charge >= 0.3 is 6.09 Å². The molecule has 4 atom stereocenters. The van der Waals surface area contributed by atoms with Crippen LogP contribution in [0.25, 0.3) is 0 Å². The van der Waals surface area contributed by atoms with E-state index < -0.39 is 40.4 Å². The lowest BCUT2D eigenvalue weighted by molar-refractivity contribution is -0.141. The van der Waals surface area contributed by atoms with Crippen LogP contribution in [0.15, 0.2) is 30.3 Å². The molecule has 0 bridgehead atoms. The molecule has 26 heavy (non-hydrogen) atoms. The van der Waals surface area contributed by atoms with Gasteiger partial charge in [0.1, 0.15) is 24.0 Å². The van der Waals surface area contributed by atoms with Crippen molar-refractivity contribution < 1.29 is 19.1 Å². The molecule has 0 N–H and O–H groups in total. The SMILES string of the molecule is CC(C)(C)OC(=O)N1[C@H]2C(=O)[C@@](Cl)(c3ccccc3)[C@H]2O[C@@H]1C(C)(C)C. The van der Waals surface area contributed by atoms with Crippen LogP contribution < -0.4 is 0 Å². The topological polar surface area (TPSA) is 55.8 Å². The Labute approximate surface area is 159 Å². The molecule has 1 aliphatic heterocycles. The predicted octanol–water partition coefficient (Wildman–Crippen LogP) is 4.08. The van der Waals surface area contributed by atoms with Gasteiger partial charge in [0.2, 0.25) is 0 Å². The van der Waals surface area contributed by atoms with Gasteiger partial charge < -0.3 is 9.47 Å². The fourth-order valence-electron chi connectivity index (χ4n) is 3.54. The van der Waals surface area contributed by atoms with Crippen LogP contribution in [0.1, 0.15) is 47.1 Å². The number of hydrogen-bond donors (Lipinski definition) is 0. The standard InChI is InChI=1S/C20H26ClNO4/c1-18(2,3)16-22(17(24)26-19(4,5)6)13-14(23)20(21,15(13)25-16)12-10-8-7-9-11-12/h7-11,13,15-16H,1-6H3/t13-,15-,16+,20-/m0/s1. The van der Waals surface area contributed by atoms with Gasteiger partial charge in [-0.05, 0) is 26.3 Å². The largest absolute Gasteiger partial charge is 0.444 e. The van der Waals surface area contributed by atoms with Crippen molar-refractivity contribution in [1.82, 2.24) is 4.90 Å². The van der Waals surface area contributed by atoms with E-state index in [-0.39, 0.29) is 5.78 Å². The second-order valence-electron chi connectivity index (χ2n) is 9.05. The number of Topliss-reactive ketones (excluding diaryl/α,β-unsaturated/α-hetero) is 1. The maximum absolute atomic E-state index is 13.1. The number of amides is 1. The van der Waals surface area contributed by atoms with Crippen molar-refractivity contribution in [3.05, 3.63) is 35.9 Å². The van der Waals surface area contributed by atoms with Crippen LogP contribution in [0.5, 0.6) is 0 Å². The fraction of sp³-hybridized carbons (Fsp3) is 0.600. The van der Waals surface area contributed by atoms with Gasteiger partial charge in [0.05, 0.1) is 0 Å². The highest BCUT2D eigenvalue weighted by Crippen LogP contribution is 2.54. The number of carbonyl (C=O) groups is 2. The lowest BCUT2D eigenvalue weighted by Gasteiger charge is -2.46. The lowest BCUT2D eigenvalue weighted by Crippen LogP contribution is -2.68. The average molecular weight is 380 g/mol. The predicted molar refractivity (Wildman–Crippen MR) is 99.0 cm³/mol. The average Bonchev–Trinajstić information content (AvgIpc) is 2.91. The molecule has 1 heterocycles. The molecule has 1 amide bonds. The van der Waals surface area contributed by atoms with Gasteiger partial charge in [-0.15, -0.1) is 11.6 Å². The van der Waals surface area contributed by atoms with Crippen molar-refractivity contribution in [3.63, 3.8) is 0 Å². The Morgan fingerprint density at radius 3 is 2.23 bits per heavy atom. The molecule has 0 aromatic heterocycles. The molecule has 0 spiro atoms. The summed E-state index contributed by atoms with van der Waals surface area (Å²) in [5.74, 6) is -0.229. The first-order chi connectivity index (χ1) is 11.9. The third kappa shape index (κ3) is 2.91. The highest BCUT2D eigenvalue weighted by molar-refractivity contribution is 6.40. The Kier molecular flexibility index (Phi) is 4.40. The molecule has 1 saturated carbocycles. The van der Waals surface area contributed by atoms with Crippen molar-refractivity contribution in [3.8, 4) is 0 Å². The summed E-state index contributed by atoms with van der Waals surface area (Å²) in [4.78, 5) is 26.0. The van der Waals surface area contributed by atoms with Crippen LogP contribution in [0.2, 0.25) is 0 Å². The van der Waals surface area contributed by atoms with Crippen molar-refractivity contribution in [2.75, 3.05) is 0 Å². The van der Waals surface area contributed by atoms with Crippen molar-refractivity contribution in [2.45, 2.75) is 70.4 Å². The minimum absolute atomic E-state index is 0.229. The van der Waals surface area contributed by atoms with E-state index >= 15 is 0 Å². The summed E-state index contributed by atoms with van der Waals surface area (Å²) in [5.41, 5.74) is -0.378. The van der Waals surface area contributed by atoms with Crippen LogP contribution in [0.3, 0.4) is 0 Å². The molecule has 1 aromatic rings. The van der Waals surface area contributed by atoms with E-state index in [4.69, 9.17) is 21.1 Å². The van der Waals surface area contributed by atoms with Gasteiger partial charge in [0.25, 0.3) is 0 Å². The van der Waals surface area contributed by atoms with Gasteiger partial charge in [-0.25, -0.2) is 4.79 Å². The van der Waals surface area contributed by atoms with Crippen LogP contribution in [-0.2, 0) is 19.1 Å². The van der Waals surface area contributed by atoms with Gasteiger partial charge in [-0.2, -0.15) is 0 Å². The number of alkyl halides is 1. The Bertz CT molecular complexity index is 722. The molecule has 2 fully saturated rings. The van der Waals surface area contributed by atoms with Crippen LogP contribution in [0, 0.1) is 5.41 Å². The number of ether oxygens (including phenoxy) is 2. The van der Waals surface area contributed by atoms with E-state index in [9.17, 15) is 9.59 Å². The van der Waals surface area contributed by atoms with E-state index in [2.05, 4.69) is 0 Å². The quantitative estimate of drug-likeness (QED) is 0.690. The molecule has 1 aliphatic carbocycles. The van der Waals surface area contributed by atoms with E-state index in [1.807, 2.05) is 51.1 Å². The monoisotopic (exact) mass is 379 g/mol. The molecule has 3 rings (SSSR count). The number of nitrogens with zero attached hydrogens (tertiary/aromatic N) is 1. The molecular weight excluding hydrogens is 354 g/mol. The first-order valence-electron chi connectivity index (χ1n) is 8.83. The van der Waals surface area contributed by atoms with E-state index in [0.717, 1.165) is 0 Å². The molecule has 1 saturated heterocycles. The molecule has 0 radical (unpaired) electrons. The summed E-state index contributed by atoms with van der Waals surface area (Å²) in [6, 6.07) is 8.43. The first kappa shape index (κ1) is 19.2. The summed E-state index contributed by atoms with van der Waals surface area (Å²) in [6.07, 6.45) is -1.75. The number of halogens is 1. The molecule has 5 nitrogen and oxygen atoms in total. The highest BCUT2D eigenvalue weighted by atomic mass is 35.5. The number of fused-ring (bicyclic) bond motifs is 1. The zero-order valence-electron chi connectivity index (χ0n) is 16.1. The third-order valence-corrected chi connectivity index (χ3v) is 5.29. The Hall–Kier alpha value is -1.59. The van der Waals surface area contributed by atoms with E-state index in [1.54, 1.807) is 20.8 Å². The zero-order valence-corrected chi connectivity index (χ0v) is 16.8. The summed E-state index contributed by atoms with van der Waals surface area (Å²) < 4.78 is 11.7. The van der Waals surface area contributed by atoms with E-state index in [0.29, 0.717) is 5.56 Å². The molecule has 142 valence electrons. The minimum atomic E-state index is -1.27. The molecule has 1 aromatic carbocycles. The second-order valence-corrected chi connectivity index (χ2v) is 9.65. The fourth-order valence-corrected chi connectivity index (χ4v) is 3.95. The molecule has 2 aliphatic rings. The zero-order chi connectivity index (χ0) is 19.5. The third-order valence-electron chi connectivity index (χ3n) is 4.67. The van der Waals surface area contributed by atoms with Crippen molar-refractivity contribution in [1.29, 1.82) is 0 Å². The molecule has 6 heteroatoms. The number of carbonyl (C=O) groups excluding carboxylic acids is 2. The number of hydrogen-bond acceptors (Lipinski definition) is 4. The summed E-state index contributed by atoms with van der Waals surface area (Å²) in [5, 5.41) is 0. The van der Waals surface area contributed by atoms with Crippen LogP contribution in [-0.4, -0.2) is 40.8 Å². The lowest BCUT2D eigenvalue weighted by atomic mass is 9.70. The molecule has 0 unspecified atom stereocenters. The summed E-state index contributed by atoms with van der Waals surface area (Å²) in [6.45, 7) is 11.3. The van der Waals surface area contributed by atoms with Gasteiger partial charge in [0.15, 0.2) is 10.7 Å². The van der Waals surface area contributed by atoms with Gasteiger partial charge in [0, 0.05) is 5.41 Å². The summed E-state index contributed by atoms with van der Waals surface area (Å²) >= 11 is 6.75. The Balaban J connectivity index is 1.97. The maximum Gasteiger partial charge on any atom is 0.413 e. The van der Waals surface area contributed by atoms with Crippen LogP contribution in [0.4, 0.5) is 4.79 Å². The Morgan fingerprint density at radius 1 is 1.15 bits per heavy atom. The number of benzene rings is 1. The van der Waals surface area contributed by atoms with E-state index in [1.165, 1.54) is 4.90 Å². The second kappa shape index (κ2) is 5.96. The van der Waals surface area contributed by atoms with Gasteiger partial charge in [-0.1, -0.05) is 51.1 Å². The van der Waals surface area contributed by atoms with Crippen molar-refractivity contribution >= 4 is 23.5 Å². The smallest absolute Gasteiger partial charge is 0.413 e. The summed E-state index contributed by atoms with van der Waals surface area (Å²) in [7, 11) is 0. The normalized spacial score (nSPS) is 31.4. The maximum atomic E-state index is 13.1. The first-order valence-corrected chi connectivity index (χ1v) is 9.20. The minimum Gasteiger partial charge on any atom is -0.444 e. The molecular formula is C20H26ClNO4. The number of ketones is 1. The van der Waals surface area contributed by atoms with Crippen molar-refractivity contribution in [2.24, 2.45) is 5.41 Å². The van der Waals surface area contributed by atoms with Crippen LogP contribution >= 0.6 is 11.6 Å². The Morgan fingerprint density at radius 2 is 1.73 bits per heavy atom. The number of rotatable bonds is 1.